The molecule has 0 radical (unpaired) electrons. The fraction of sp³-hybridized carbons (Fsp3) is 0.500. The van der Waals surface area contributed by atoms with E-state index in [-0.39, 0.29) is 11.9 Å². The molecular weight excluding hydrogens is 282 g/mol. The molecule has 3 rings (SSSR count). The maximum absolute atomic E-state index is 12.4. The number of thiophene rings is 1. The van der Waals surface area contributed by atoms with Gasteiger partial charge in [-0.05, 0) is 44.2 Å². The largest absolute Gasteiger partial charge is 0.347 e. The highest BCUT2D eigenvalue weighted by Gasteiger charge is 2.17. The van der Waals surface area contributed by atoms with Gasteiger partial charge < -0.3 is 9.88 Å². The number of fused-ring (bicyclic) bond motifs is 1. The highest BCUT2D eigenvalue weighted by atomic mass is 32.1. The maximum Gasteiger partial charge on any atom is 0.261 e. The monoisotopic (exact) mass is 303 g/mol. The summed E-state index contributed by atoms with van der Waals surface area (Å²) in [5.74, 6) is 0.0562. The van der Waals surface area contributed by atoms with Gasteiger partial charge in [-0.25, -0.2) is 4.98 Å². The molecule has 5 heteroatoms. The summed E-state index contributed by atoms with van der Waals surface area (Å²) in [6.07, 6.45) is 11.5. The van der Waals surface area contributed by atoms with Crippen molar-refractivity contribution in [1.82, 2.24) is 14.9 Å². The Labute approximate surface area is 129 Å². The smallest absolute Gasteiger partial charge is 0.261 e. The lowest BCUT2D eigenvalue weighted by molar-refractivity contribution is 0.0941. The molecule has 1 unspecified atom stereocenters. The SMILES string of the molecule is CC(Cn1ccnc1)NC(=O)c1cc2c(s1)CCCCC2. The Morgan fingerprint density at radius 1 is 1.43 bits per heavy atom. The van der Waals surface area contributed by atoms with E-state index in [1.165, 1.54) is 29.7 Å². The van der Waals surface area contributed by atoms with E-state index in [4.69, 9.17) is 0 Å². The molecule has 21 heavy (non-hydrogen) atoms. The predicted molar refractivity (Wildman–Crippen MR) is 84.7 cm³/mol. The first kappa shape index (κ1) is 14.3. The molecule has 0 fully saturated rings. The van der Waals surface area contributed by atoms with Gasteiger partial charge in [0.1, 0.15) is 0 Å². The second-order valence-corrected chi connectivity index (χ2v) is 6.89. The van der Waals surface area contributed by atoms with Crippen molar-refractivity contribution in [3.63, 3.8) is 0 Å². The van der Waals surface area contributed by atoms with Crippen LogP contribution in [0.2, 0.25) is 0 Å². The summed E-state index contributed by atoms with van der Waals surface area (Å²) in [5, 5.41) is 3.08. The fourth-order valence-corrected chi connectivity index (χ4v) is 3.99. The minimum atomic E-state index is 0.0562. The number of carbonyl (C=O) groups excluding carboxylic acids is 1. The average molecular weight is 303 g/mol. The number of carbonyl (C=O) groups is 1. The maximum atomic E-state index is 12.4. The van der Waals surface area contributed by atoms with Gasteiger partial charge >= 0.3 is 0 Å². The van der Waals surface area contributed by atoms with Crippen LogP contribution in [0.4, 0.5) is 0 Å². The van der Waals surface area contributed by atoms with Crippen LogP contribution in [0, 0.1) is 0 Å². The zero-order valence-corrected chi connectivity index (χ0v) is 13.2. The Bertz CT molecular complexity index is 580. The van der Waals surface area contributed by atoms with Crippen LogP contribution in [0.5, 0.6) is 0 Å². The summed E-state index contributed by atoms with van der Waals surface area (Å²) in [6.45, 7) is 2.77. The van der Waals surface area contributed by atoms with Crippen molar-refractivity contribution in [3.8, 4) is 0 Å². The van der Waals surface area contributed by atoms with Gasteiger partial charge in [-0.2, -0.15) is 0 Å². The van der Waals surface area contributed by atoms with Crippen molar-refractivity contribution >= 4 is 17.2 Å². The van der Waals surface area contributed by atoms with Crippen molar-refractivity contribution in [2.75, 3.05) is 0 Å². The van der Waals surface area contributed by atoms with Crippen LogP contribution in [0.15, 0.2) is 24.8 Å². The van der Waals surface area contributed by atoms with Crippen LogP contribution in [-0.2, 0) is 19.4 Å². The van der Waals surface area contributed by atoms with Crippen LogP contribution in [-0.4, -0.2) is 21.5 Å². The number of nitrogens with one attached hydrogen (secondary N) is 1. The molecule has 0 aromatic carbocycles. The highest BCUT2D eigenvalue weighted by Crippen LogP contribution is 2.28. The second kappa shape index (κ2) is 6.43. The topological polar surface area (TPSA) is 46.9 Å². The quantitative estimate of drug-likeness (QED) is 0.883. The molecule has 1 N–H and O–H groups in total. The number of hydrogen-bond donors (Lipinski definition) is 1. The first-order valence-corrected chi connectivity index (χ1v) is 8.42. The number of aryl methyl sites for hydroxylation is 2. The lowest BCUT2D eigenvalue weighted by atomic mass is 10.1. The number of hydrogen-bond acceptors (Lipinski definition) is 3. The highest BCUT2D eigenvalue weighted by molar-refractivity contribution is 7.14. The molecule has 1 aliphatic carbocycles. The van der Waals surface area contributed by atoms with Crippen molar-refractivity contribution in [3.05, 3.63) is 40.1 Å². The van der Waals surface area contributed by atoms with Crippen LogP contribution < -0.4 is 5.32 Å². The Morgan fingerprint density at radius 2 is 2.29 bits per heavy atom. The van der Waals surface area contributed by atoms with Gasteiger partial charge in [0, 0.05) is 29.9 Å². The van der Waals surface area contributed by atoms with E-state index in [9.17, 15) is 4.79 Å². The molecule has 1 amide bonds. The molecule has 1 atom stereocenters. The fourth-order valence-electron chi connectivity index (χ4n) is 2.83. The van der Waals surface area contributed by atoms with E-state index in [2.05, 4.69) is 16.4 Å². The lowest BCUT2D eigenvalue weighted by Gasteiger charge is -2.13. The van der Waals surface area contributed by atoms with E-state index in [1.807, 2.05) is 17.7 Å². The Balaban J connectivity index is 1.62. The molecule has 4 nitrogen and oxygen atoms in total. The minimum absolute atomic E-state index is 0.0562. The molecular formula is C16H21N3OS. The molecule has 0 bridgehead atoms. The molecule has 0 saturated heterocycles. The van der Waals surface area contributed by atoms with Gasteiger partial charge in [0.15, 0.2) is 0 Å². The third kappa shape index (κ3) is 3.53. The summed E-state index contributed by atoms with van der Waals surface area (Å²) in [4.78, 5) is 18.7. The molecule has 0 spiro atoms. The normalized spacial score (nSPS) is 16.0. The molecule has 0 saturated carbocycles. The van der Waals surface area contributed by atoms with Crippen LogP contribution in [0.3, 0.4) is 0 Å². The predicted octanol–water partition coefficient (Wildman–Crippen LogP) is 3.03. The van der Waals surface area contributed by atoms with Crippen LogP contribution in [0.1, 0.15) is 46.3 Å². The van der Waals surface area contributed by atoms with E-state index in [1.54, 1.807) is 23.9 Å². The van der Waals surface area contributed by atoms with E-state index >= 15 is 0 Å². The van der Waals surface area contributed by atoms with Crippen LogP contribution in [0.25, 0.3) is 0 Å². The van der Waals surface area contributed by atoms with Gasteiger partial charge in [-0.3, -0.25) is 4.79 Å². The standard InChI is InChI=1S/C16H21N3OS/c1-12(10-19-8-7-17-11-19)18-16(20)15-9-13-5-3-2-4-6-14(13)21-15/h7-9,11-12H,2-6,10H2,1H3,(H,18,20). The number of aromatic nitrogens is 2. The zero-order valence-electron chi connectivity index (χ0n) is 12.3. The van der Waals surface area contributed by atoms with Crippen molar-refractivity contribution in [2.24, 2.45) is 0 Å². The van der Waals surface area contributed by atoms with Gasteiger partial charge in [0.25, 0.3) is 5.91 Å². The summed E-state index contributed by atoms with van der Waals surface area (Å²) >= 11 is 1.68. The zero-order chi connectivity index (χ0) is 14.7. The summed E-state index contributed by atoms with van der Waals surface area (Å²) in [7, 11) is 0. The third-order valence-corrected chi connectivity index (χ3v) is 5.13. The molecule has 2 aromatic rings. The molecule has 2 heterocycles. The molecule has 1 aliphatic rings. The van der Waals surface area contributed by atoms with E-state index < -0.39 is 0 Å². The van der Waals surface area contributed by atoms with Gasteiger partial charge in [-0.15, -0.1) is 11.3 Å². The Hall–Kier alpha value is -1.62. The molecule has 112 valence electrons. The summed E-state index contributed by atoms with van der Waals surface area (Å²) in [5.41, 5.74) is 1.39. The lowest BCUT2D eigenvalue weighted by Crippen LogP contribution is -2.35. The number of imidazole rings is 1. The second-order valence-electron chi connectivity index (χ2n) is 5.75. The van der Waals surface area contributed by atoms with Gasteiger partial charge in [0.05, 0.1) is 11.2 Å². The number of rotatable bonds is 4. The minimum Gasteiger partial charge on any atom is -0.347 e. The Morgan fingerprint density at radius 3 is 3.10 bits per heavy atom. The summed E-state index contributed by atoms with van der Waals surface area (Å²) < 4.78 is 1.98. The van der Waals surface area contributed by atoms with E-state index in [0.29, 0.717) is 0 Å². The van der Waals surface area contributed by atoms with Crippen molar-refractivity contribution in [1.29, 1.82) is 0 Å². The third-order valence-electron chi connectivity index (χ3n) is 3.89. The summed E-state index contributed by atoms with van der Waals surface area (Å²) in [6, 6.07) is 2.19. The number of amides is 1. The number of nitrogens with zero attached hydrogens (tertiary/aromatic N) is 2. The van der Waals surface area contributed by atoms with Gasteiger partial charge in [-0.1, -0.05) is 6.42 Å². The van der Waals surface area contributed by atoms with Gasteiger partial charge in [0.2, 0.25) is 0 Å². The molecule has 0 aliphatic heterocycles. The van der Waals surface area contributed by atoms with Crippen molar-refractivity contribution < 1.29 is 4.79 Å². The first-order chi connectivity index (χ1) is 10.2. The van der Waals surface area contributed by atoms with E-state index in [0.717, 1.165) is 24.3 Å². The van der Waals surface area contributed by atoms with Crippen LogP contribution >= 0.6 is 11.3 Å². The average Bonchev–Trinajstić information content (AvgIpc) is 3.04. The van der Waals surface area contributed by atoms with Crippen molar-refractivity contribution in [2.45, 2.75) is 51.6 Å². The first-order valence-electron chi connectivity index (χ1n) is 7.60. The molecule has 2 aromatic heterocycles. The Kier molecular flexibility index (Phi) is 4.39.